The highest BCUT2D eigenvalue weighted by Crippen LogP contribution is 2.27. The Balaban J connectivity index is 1.90. The van der Waals surface area contributed by atoms with Crippen molar-refractivity contribution in [3.05, 3.63) is 53.0 Å². The first kappa shape index (κ1) is 14.1. The second kappa shape index (κ2) is 5.85. The van der Waals surface area contributed by atoms with Gasteiger partial charge >= 0.3 is 0 Å². The summed E-state index contributed by atoms with van der Waals surface area (Å²) in [5, 5.41) is 0. The number of halogens is 1. The van der Waals surface area contributed by atoms with Gasteiger partial charge in [0, 0.05) is 18.6 Å². The number of nitrogens with zero attached hydrogens (tertiary/aromatic N) is 3. The van der Waals surface area contributed by atoms with E-state index >= 15 is 0 Å². The Kier molecular flexibility index (Phi) is 3.92. The van der Waals surface area contributed by atoms with Gasteiger partial charge in [-0.25, -0.2) is 9.97 Å². The maximum absolute atomic E-state index is 5.87. The summed E-state index contributed by atoms with van der Waals surface area (Å²) in [7, 11) is 0. The zero-order chi connectivity index (χ0) is 14.8. The van der Waals surface area contributed by atoms with E-state index in [9.17, 15) is 0 Å². The van der Waals surface area contributed by atoms with E-state index in [-0.39, 0.29) is 0 Å². The van der Waals surface area contributed by atoms with E-state index in [0.29, 0.717) is 22.0 Å². The fraction of sp³-hybridized carbons (Fsp3) is 0.250. The van der Waals surface area contributed by atoms with Crippen LogP contribution in [0.2, 0.25) is 0 Å². The van der Waals surface area contributed by atoms with Crippen LogP contribution in [0.4, 0.5) is 0 Å². The van der Waals surface area contributed by atoms with E-state index in [1.807, 2.05) is 28.9 Å². The molecule has 0 bridgehead atoms. The number of hydrogen-bond acceptors (Lipinski definition) is 3. The lowest BCUT2D eigenvalue weighted by Crippen LogP contribution is -1.95. The van der Waals surface area contributed by atoms with Crippen molar-refractivity contribution in [1.29, 1.82) is 0 Å². The summed E-state index contributed by atoms with van der Waals surface area (Å²) in [6.07, 6.45) is 6.56. The maximum atomic E-state index is 5.87. The van der Waals surface area contributed by atoms with Crippen molar-refractivity contribution in [3.63, 3.8) is 0 Å². The third kappa shape index (κ3) is 2.93. The zero-order valence-electron chi connectivity index (χ0n) is 12.0. The van der Waals surface area contributed by atoms with Gasteiger partial charge in [-0.3, -0.25) is 4.40 Å². The van der Waals surface area contributed by atoms with Gasteiger partial charge in [0.1, 0.15) is 10.4 Å². The van der Waals surface area contributed by atoms with E-state index in [1.54, 1.807) is 6.20 Å². The molecule has 0 spiro atoms. The van der Waals surface area contributed by atoms with Crippen LogP contribution in [0.15, 0.2) is 47.5 Å². The van der Waals surface area contributed by atoms with E-state index in [0.717, 1.165) is 12.2 Å². The Morgan fingerprint density at radius 3 is 2.76 bits per heavy atom. The molecule has 1 atom stereocenters. The molecule has 5 heteroatoms. The molecule has 0 aliphatic heterocycles. The minimum atomic E-state index is 0.491. The molecule has 0 saturated carbocycles. The SMILES string of the molecule is CCC(C)c1ccc(Oc2nc(Br)cn3ccnc23)cc1. The van der Waals surface area contributed by atoms with Gasteiger partial charge in [0.25, 0.3) is 5.88 Å². The summed E-state index contributed by atoms with van der Waals surface area (Å²) < 4.78 is 8.46. The molecule has 3 aromatic rings. The molecule has 0 aliphatic carbocycles. The highest BCUT2D eigenvalue weighted by molar-refractivity contribution is 9.10. The number of ether oxygens (including phenoxy) is 1. The Hall–Kier alpha value is -1.88. The van der Waals surface area contributed by atoms with Crippen molar-refractivity contribution < 1.29 is 4.74 Å². The van der Waals surface area contributed by atoms with Crippen LogP contribution < -0.4 is 4.74 Å². The summed E-state index contributed by atoms with van der Waals surface area (Å²) in [5.74, 6) is 1.81. The van der Waals surface area contributed by atoms with Crippen molar-refractivity contribution in [1.82, 2.24) is 14.4 Å². The molecule has 0 aliphatic rings. The molecular weight excluding hydrogens is 330 g/mol. The van der Waals surface area contributed by atoms with Gasteiger partial charge in [0.2, 0.25) is 5.65 Å². The average molecular weight is 346 g/mol. The first-order chi connectivity index (χ1) is 10.2. The topological polar surface area (TPSA) is 39.4 Å². The zero-order valence-corrected chi connectivity index (χ0v) is 13.5. The summed E-state index contributed by atoms with van der Waals surface area (Å²) in [4.78, 5) is 8.62. The first-order valence-electron chi connectivity index (χ1n) is 6.94. The Morgan fingerprint density at radius 1 is 1.29 bits per heavy atom. The van der Waals surface area contributed by atoms with Crippen molar-refractivity contribution in [3.8, 4) is 11.6 Å². The molecule has 0 N–H and O–H groups in total. The second-order valence-corrected chi connectivity index (χ2v) is 5.82. The predicted molar refractivity (Wildman–Crippen MR) is 85.9 cm³/mol. The van der Waals surface area contributed by atoms with Gasteiger partial charge in [0.05, 0.1) is 0 Å². The van der Waals surface area contributed by atoms with Crippen LogP contribution in [-0.4, -0.2) is 14.4 Å². The molecule has 2 heterocycles. The molecule has 108 valence electrons. The Labute approximate surface area is 131 Å². The second-order valence-electron chi connectivity index (χ2n) is 5.01. The van der Waals surface area contributed by atoms with Gasteiger partial charge in [-0.2, -0.15) is 0 Å². The highest BCUT2D eigenvalue weighted by atomic mass is 79.9. The maximum Gasteiger partial charge on any atom is 0.264 e. The first-order valence-corrected chi connectivity index (χ1v) is 7.73. The average Bonchev–Trinajstić information content (AvgIpc) is 2.95. The van der Waals surface area contributed by atoms with Gasteiger partial charge in [0.15, 0.2) is 0 Å². The monoisotopic (exact) mass is 345 g/mol. The van der Waals surface area contributed by atoms with Crippen LogP contribution in [0.3, 0.4) is 0 Å². The van der Waals surface area contributed by atoms with E-state index in [1.165, 1.54) is 5.56 Å². The van der Waals surface area contributed by atoms with Crippen LogP contribution in [0.25, 0.3) is 5.65 Å². The molecule has 0 radical (unpaired) electrons. The summed E-state index contributed by atoms with van der Waals surface area (Å²) in [5.41, 5.74) is 2.02. The van der Waals surface area contributed by atoms with Crippen LogP contribution in [0.5, 0.6) is 11.6 Å². The van der Waals surface area contributed by atoms with Crippen molar-refractivity contribution in [2.45, 2.75) is 26.2 Å². The minimum absolute atomic E-state index is 0.491. The quantitative estimate of drug-likeness (QED) is 0.681. The van der Waals surface area contributed by atoms with E-state index in [4.69, 9.17) is 4.74 Å². The lowest BCUT2D eigenvalue weighted by atomic mass is 9.99. The van der Waals surface area contributed by atoms with E-state index in [2.05, 4.69) is 51.9 Å². The fourth-order valence-corrected chi connectivity index (χ4v) is 2.54. The Bertz CT molecular complexity index is 752. The number of aromatic nitrogens is 3. The highest BCUT2D eigenvalue weighted by Gasteiger charge is 2.09. The Morgan fingerprint density at radius 2 is 2.05 bits per heavy atom. The molecule has 0 saturated heterocycles. The molecule has 4 nitrogen and oxygen atoms in total. The summed E-state index contributed by atoms with van der Waals surface area (Å²) in [6, 6.07) is 8.15. The standard InChI is InChI=1S/C16H16BrN3O/c1-3-11(2)12-4-6-13(7-5-12)21-16-15-18-8-9-20(15)10-14(17)19-16/h4-11H,3H2,1-2H3. The normalized spacial score (nSPS) is 12.5. The third-order valence-electron chi connectivity index (χ3n) is 3.59. The molecule has 2 aromatic heterocycles. The van der Waals surface area contributed by atoms with Crippen LogP contribution in [0, 0.1) is 0 Å². The molecule has 1 aromatic carbocycles. The molecular formula is C16H16BrN3O. The fourth-order valence-electron chi connectivity index (χ4n) is 2.15. The smallest absolute Gasteiger partial charge is 0.264 e. The van der Waals surface area contributed by atoms with Crippen LogP contribution in [0.1, 0.15) is 31.7 Å². The number of fused-ring (bicyclic) bond motifs is 1. The van der Waals surface area contributed by atoms with Gasteiger partial charge in [-0.05, 0) is 46.0 Å². The van der Waals surface area contributed by atoms with Crippen molar-refractivity contribution in [2.24, 2.45) is 0 Å². The molecule has 1 unspecified atom stereocenters. The molecule has 21 heavy (non-hydrogen) atoms. The molecule has 0 amide bonds. The van der Waals surface area contributed by atoms with Gasteiger partial charge in [-0.15, -0.1) is 0 Å². The number of imidazole rings is 1. The van der Waals surface area contributed by atoms with Gasteiger partial charge in [-0.1, -0.05) is 26.0 Å². The largest absolute Gasteiger partial charge is 0.436 e. The predicted octanol–water partition coefficient (Wildman–Crippen LogP) is 4.80. The summed E-state index contributed by atoms with van der Waals surface area (Å²) >= 11 is 3.38. The van der Waals surface area contributed by atoms with Crippen LogP contribution in [-0.2, 0) is 0 Å². The number of benzene rings is 1. The molecule has 0 fully saturated rings. The number of rotatable bonds is 4. The minimum Gasteiger partial charge on any atom is -0.436 e. The lowest BCUT2D eigenvalue weighted by molar-refractivity contribution is 0.463. The summed E-state index contributed by atoms with van der Waals surface area (Å²) in [6.45, 7) is 4.41. The molecule has 3 rings (SSSR count). The van der Waals surface area contributed by atoms with E-state index < -0.39 is 0 Å². The third-order valence-corrected chi connectivity index (χ3v) is 3.97. The van der Waals surface area contributed by atoms with Crippen molar-refractivity contribution in [2.75, 3.05) is 0 Å². The lowest BCUT2D eigenvalue weighted by Gasteiger charge is -2.10. The number of hydrogen-bond donors (Lipinski definition) is 0. The van der Waals surface area contributed by atoms with Gasteiger partial charge < -0.3 is 4.74 Å². The van der Waals surface area contributed by atoms with Crippen LogP contribution >= 0.6 is 15.9 Å². The van der Waals surface area contributed by atoms with Crippen molar-refractivity contribution >= 4 is 21.6 Å².